The predicted octanol–water partition coefficient (Wildman–Crippen LogP) is 4.85. The number of urea groups is 1. The number of carbonyl (C=O) groups is 1. The van der Waals surface area contributed by atoms with E-state index in [-0.39, 0.29) is 12.1 Å². The second-order valence-electron chi connectivity index (χ2n) is 7.69. The van der Waals surface area contributed by atoms with Gasteiger partial charge in [0.15, 0.2) is 0 Å². The molecular weight excluding hydrogens is 370 g/mol. The molecule has 2 N–H and O–H groups in total. The number of hydrogen-bond acceptors (Lipinski definition) is 4. The Morgan fingerprint density at radius 3 is 2.68 bits per heavy atom. The van der Waals surface area contributed by atoms with E-state index in [1.54, 1.807) is 0 Å². The number of nitrogens with zero attached hydrogens (tertiary/aromatic N) is 1. The minimum atomic E-state index is -0.137. The molecule has 4 rings (SSSR count). The SMILES string of the molecule is CCOc1ccccc1NC(=O)NC1C[C@@H]2CCC[C@@H](C1)N2Cc1cccs1. The summed E-state index contributed by atoms with van der Waals surface area (Å²) in [5.41, 5.74) is 0.720. The van der Waals surface area contributed by atoms with Crippen molar-refractivity contribution in [2.24, 2.45) is 0 Å². The van der Waals surface area contributed by atoms with Crippen molar-refractivity contribution in [1.82, 2.24) is 10.2 Å². The minimum Gasteiger partial charge on any atom is -0.492 e. The first kappa shape index (κ1) is 19.3. The van der Waals surface area contributed by atoms with Crippen molar-refractivity contribution in [3.63, 3.8) is 0 Å². The highest BCUT2D eigenvalue weighted by molar-refractivity contribution is 7.09. The second-order valence-corrected chi connectivity index (χ2v) is 8.72. The molecule has 2 atom stereocenters. The number of carbonyl (C=O) groups excluding carboxylic acids is 1. The van der Waals surface area contributed by atoms with Gasteiger partial charge in [-0.15, -0.1) is 11.3 Å². The molecule has 0 saturated carbocycles. The third-order valence-electron chi connectivity index (χ3n) is 5.81. The molecule has 1 aromatic carbocycles. The smallest absolute Gasteiger partial charge is 0.319 e. The first-order valence-corrected chi connectivity index (χ1v) is 11.2. The molecule has 28 heavy (non-hydrogen) atoms. The van der Waals surface area contributed by atoms with Crippen molar-refractivity contribution >= 4 is 23.1 Å². The van der Waals surface area contributed by atoms with E-state index in [0.717, 1.165) is 25.1 Å². The summed E-state index contributed by atoms with van der Waals surface area (Å²) < 4.78 is 5.60. The number of amides is 2. The minimum absolute atomic E-state index is 0.137. The Bertz CT molecular complexity index is 766. The normalized spacial score (nSPS) is 24.5. The average molecular weight is 400 g/mol. The molecule has 6 heteroatoms. The van der Waals surface area contributed by atoms with Crippen LogP contribution in [0.25, 0.3) is 0 Å². The Morgan fingerprint density at radius 2 is 1.96 bits per heavy atom. The summed E-state index contributed by atoms with van der Waals surface area (Å²) in [5, 5.41) is 8.34. The topological polar surface area (TPSA) is 53.6 Å². The van der Waals surface area contributed by atoms with Crippen LogP contribution in [0.4, 0.5) is 10.5 Å². The molecule has 5 nitrogen and oxygen atoms in total. The summed E-state index contributed by atoms with van der Waals surface area (Å²) in [5.74, 6) is 0.711. The first-order valence-electron chi connectivity index (χ1n) is 10.3. The molecular formula is C22H29N3O2S. The van der Waals surface area contributed by atoms with Crippen LogP contribution in [-0.2, 0) is 6.54 Å². The van der Waals surface area contributed by atoms with Gasteiger partial charge < -0.3 is 15.4 Å². The number of thiophene rings is 1. The number of fused-ring (bicyclic) bond motifs is 2. The fourth-order valence-corrected chi connectivity index (χ4v) is 5.34. The van der Waals surface area contributed by atoms with E-state index in [4.69, 9.17) is 4.74 Å². The summed E-state index contributed by atoms with van der Waals surface area (Å²) in [4.78, 5) is 16.7. The Morgan fingerprint density at radius 1 is 1.18 bits per heavy atom. The Kier molecular flexibility index (Phi) is 6.17. The van der Waals surface area contributed by atoms with Gasteiger partial charge in [0, 0.05) is 29.5 Å². The molecule has 0 aliphatic carbocycles. The largest absolute Gasteiger partial charge is 0.492 e. The van der Waals surface area contributed by atoms with E-state index in [2.05, 4.69) is 33.0 Å². The van der Waals surface area contributed by atoms with Crippen molar-refractivity contribution in [3.8, 4) is 5.75 Å². The van der Waals surface area contributed by atoms with E-state index < -0.39 is 0 Å². The molecule has 2 aliphatic heterocycles. The molecule has 1 aromatic heterocycles. The van der Waals surface area contributed by atoms with E-state index in [0.29, 0.717) is 24.4 Å². The number of nitrogens with one attached hydrogen (secondary N) is 2. The maximum Gasteiger partial charge on any atom is 0.319 e. The summed E-state index contributed by atoms with van der Waals surface area (Å²) in [6.07, 6.45) is 5.82. The number of rotatable bonds is 6. The van der Waals surface area contributed by atoms with Crippen molar-refractivity contribution in [2.45, 2.75) is 63.7 Å². The maximum absolute atomic E-state index is 12.6. The second kappa shape index (κ2) is 8.97. The molecule has 3 heterocycles. The number of para-hydroxylation sites is 2. The van der Waals surface area contributed by atoms with Crippen LogP contribution in [0.3, 0.4) is 0 Å². The molecule has 0 radical (unpaired) electrons. The van der Waals surface area contributed by atoms with E-state index in [1.807, 2.05) is 42.5 Å². The van der Waals surface area contributed by atoms with Crippen molar-refractivity contribution in [3.05, 3.63) is 46.7 Å². The van der Waals surface area contributed by atoms with Crippen LogP contribution in [0.1, 0.15) is 43.9 Å². The fraction of sp³-hybridized carbons (Fsp3) is 0.500. The van der Waals surface area contributed by atoms with Gasteiger partial charge >= 0.3 is 6.03 Å². The molecule has 2 fully saturated rings. The number of ether oxygens (including phenoxy) is 1. The number of anilines is 1. The zero-order chi connectivity index (χ0) is 19.3. The lowest BCUT2D eigenvalue weighted by Gasteiger charge is -2.48. The van der Waals surface area contributed by atoms with E-state index in [1.165, 1.54) is 24.1 Å². The van der Waals surface area contributed by atoms with Gasteiger partial charge in [-0.2, -0.15) is 0 Å². The highest BCUT2D eigenvalue weighted by atomic mass is 32.1. The summed E-state index contributed by atoms with van der Waals surface area (Å²) in [6, 6.07) is 13.2. The van der Waals surface area contributed by atoms with Gasteiger partial charge in [0.2, 0.25) is 0 Å². The number of hydrogen-bond donors (Lipinski definition) is 2. The quantitative estimate of drug-likeness (QED) is 0.730. The molecule has 0 unspecified atom stereocenters. The average Bonchev–Trinajstić information content (AvgIpc) is 3.17. The molecule has 2 aliphatic rings. The van der Waals surface area contributed by atoms with Gasteiger partial charge in [0.1, 0.15) is 5.75 Å². The van der Waals surface area contributed by atoms with Gasteiger partial charge in [-0.1, -0.05) is 24.6 Å². The summed E-state index contributed by atoms with van der Waals surface area (Å²) in [7, 11) is 0. The number of benzene rings is 1. The van der Waals surface area contributed by atoms with E-state index in [9.17, 15) is 4.79 Å². The van der Waals surface area contributed by atoms with Crippen LogP contribution in [0, 0.1) is 0 Å². The molecule has 150 valence electrons. The first-order chi connectivity index (χ1) is 13.7. The van der Waals surface area contributed by atoms with Crippen molar-refractivity contribution < 1.29 is 9.53 Å². The summed E-state index contributed by atoms with van der Waals surface area (Å²) >= 11 is 1.84. The lowest BCUT2D eigenvalue weighted by molar-refractivity contribution is 0.0208. The monoisotopic (exact) mass is 399 g/mol. The van der Waals surface area contributed by atoms with Crippen molar-refractivity contribution in [2.75, 3.05) is 11.9 Å². The van der Waals surface area contributed by atoms with Crippen LogP contribution < -0.4 is 15.4 Å². The van der Waals surface area contributed by atoms with Crippen LogP contribution in [0.15, 0.2) is 41.8 Å². The molecule has 2 bridgehead atoms. The van der Waals surface area contributed by atoms with Crippen molar-refractivity contribution in [1.29, 1.82) is 0 Å². The molecule has 2 amide bonds. The van der Waals surface area contributed by atoms with Crippen LogP contribution in [0.2, 0.25) is 0 Å². The lowest BCUT2D eigenvalue weighted by atomic mass is 9.81. The van der Waals surface area contributed by atoms with Crippen LogP contribution in [0.5, 0.6) is 5.75 Å². The molecule has 2 saturated heterocycles. The highest BCUT2D eigenvalue weighted by Crippen LogP contribution is 2.36. The third kappa shape index (κ3) is 4.50. The standard InChI is InChI=1S/C22H29N3O2S/c1-2-27-21-11-4-3-10-20(21)24-22(26)23-16-13-17-7-5-8-18(14-16)25(17)15-19-9-6-12-28-19/h3-4,6,9-12,16-18H,2,5,7-8,13-15H2,1H3,(H2,23,24,26)/t17-,18-/m0/s1. The van der Waals surface area contributed by atoms with Gasteiger partial charge in [0.25, 0.3) is 0 Å². The van der Waals surface area contributed by atoms with Gasteiger partial charge in [-0.05, 0) is 56.2 Å². The highest BCUT2D eigenvalue weighted by Gasteiger charge is 2.38. The zero-order valence-corrected chi connectivity index (χ0v) is 17.2. The Labute approximate surface area is 171 Å². The Balaban J connectivity index is 1.35. The third-order valence-corrected chi connectivity index (χ3v) is 6.68. The predicted molar refractivity (Wildman–Crippen MR) is 114 cm³/mol. The zero-order valence-electron chi connectivity index (χ0n) is 16.4. The van der Waals surface area contributed by atoms with Gasteiger partial charge in [-0.3, -0.25) is 4.90 Å². The maximum atomic E-state index is 12.6. The molecule has 0 spiro atoms. The van der Waals surface area contributed by atoms with E-state index >= 15 is 0 Å². The Hall–Kier alpha value is -2.05. The van der Waals surface area contributed by atoms with Gasteiger partial charge in [0.05, 0.1) is 12.3 Å². The van der Waals surface area contributed by atoms with Gasteiger partial charge in [-0.25, -0.2) is 4.79 Å². The van der Waals surface area contributed by atoms with Crippen LogP contribution >= 0.6 is 11.3 Å². The van der Waals surface area contributed by atoms with Crippen LogP contribution in [-0.4, -0.2) is 35.7 Å². The fourth-order valence-electron chi connectivity index (χ4n) is 4.63. The molecule has 2 aromatic rings. The lowest BCUT2D eigenvalue weighted by Crippen LogP contribution is -2.56. The summed E-state index contributed by atoms with van der Waals surface area (Å²) in [6.45, 7) is 3.57. The number of piperidine rings is 2.